The van der Waals surface area contributed by atoms with Gasteiger partial charge in [0.15, 0.2) is 17.5 Å². The van der Waals surface area contributed by atoms with E-state index in [1.54, 1.807) is 0 Å². The summed E-state index contributed by atoms with van der Waals surface area (Å²) in [5, 5.41) is 4.15. The van der Waals surface area contributed by atoms with Crippen LogP contribution in [-0.2, 0) is 0 Å². The molecule has 254 valence electrons. The van der Waals surface area contributed by atoms with Crippen molar-refractivity contribution in [1.82, 2.24) is 15.0 Å². The Balaban J connectivity index is 1.14. The van der Waals surface area contributed by atoms with E-state index in [1.165, 1.54) is 38.4 Å². The van der Waals surface area contributed by atoms with Gasteiger partial charge in [0.05, 0.1) is 0 Å². The van der Waals surface area contributed by atoms with Gasteiger partial charge >= 0.3 is 0 Å². The lowest BCUT2D eigenvalue weighted by molar-refractivity contribution is 0.668. The molecule has 7 aromatic carbocycles. The molecule has 55 heavy (non-hydrogen) atoms. The van der Waals surface area contributed by atoms with Gasteiger partial charge in [-0.3, -0.25) is 0 Å². The van der Waals surface area contributed by atoms with Gasteiger partial charge < -0.3 is 8.83 Å². The standard InChI is InChI=1S/C45H32B5N3O2/c46-37-35(38(47)40(49)41(50)39(37)48)23-16-18-25(19-17-23)44-51-43(24-8-2-1-3-9-24)52-45(53-44)30-13-7-15-34-36(30)31-22-26(20-21-33(31)54-34)27-11-6-12-29-28-10-4-5-14-32(28)55-42(27)29/h1-22H,46-50H2. The molecule has 0 saturated carbocycles. The van der Waals surface area contributed by atoms with Gasteiger partial charge in [-0.2, -0.15) is 0 Å². The molecule has 0 bridgehead atoms. The van der Waals surface area contributed by atoms with E-state index in [-0.39, 0.29) is 0 Å². The van der Waals surface area contributed by atoms with E-state index in [9.17, 15) is 0 Å². The van der Waals surface area contributed by atoms with Crippen molar-refractivity contribution in [2.24, 2.45) is 0 Å². The van der Waals surface area contributed by atoms with Gasteiger partial charge in [-0.15, -0.1) is 16.4 Å². The average Bonchev–Trinajstić information content (AvgIpc) is 3.81. The molecule has 0 saturated heterocycles. The molecule has 3 aromatic heterocycles. The van der Waals surface area contributed by atoms with E-state index in [1.807, 2.05) is 60.7 Å². The van der Waals surface area contributed by atoms with Crippen LogP contribution in [0.15, 0.2) is 142 Å². The first-order valence-electron chi connectivity index (χ1n) is 18.7. The molecule has 10 rings (SSSR count). The van der Waals surface area contributed by atoms with Crippen LogP contribution in [0.25, 0.3) is 100 Å². The summed E-state index contributed by atoms with van der Waals surface area (Å²) in [6.45, 7) is 0. The fourth-order valence-corrected chi connectivity index (χ4v) is 8.22. The number of rotatable bonds is 5. The first kappa shape index (κ1) is 33.1. The smallest absolute Gasteiger partial charge is 0.164 e. The maximum absolute atomic E-state index is 6.47. The topological polar surface area (TPSA) is 65.0 Å². The van der Waals surface area contributed by atoms with Crippen LogP contribution in [0.3, 0.4) is 0 Å². The molecule has 0 spiro atoms. The van der Waals surface area contributed by atoms with Gasteiger partial charge in [0.25, 0.3) is 0 Å². The van der Waals surface area contributed by atoms with E-state index in [0.717, 1.165) is 71.7 Å². The number of aromatic nitrogens is 3. The molecule has 0 fully saturated rings. The number of fused-ring (bicyclic) bond motifs is 6. The van der Waals surface area contributed by atoms with E-state index >= 15 is 0 Å². The monoisotopic (exact) mass is 701 g/mol. The highest BCUT2D eigenvalue weighted by atomic mass is 16.3. The van der Waals surface area contributed by atoms with Crippen LogP contribution in [0, 0.1) is 0 Å². The highest BCUT2D eigenvalue weighted by Crippen LogP contribution is 2.41. The van der Waals surface area contributed by atoms with Gasteiger partial charge in [-0.05, 0) is 41.0 Å². The lowest BCUT2D eigenvalue weighted by atomic mass is 9.59. The highest BCUT2D eigenvalue weighted by Gasteiger charge is 2.20. The summed E-state index contributed by atoms with van der Waals surface area (Å²) >= 11 is 0. The minimum Gasteiger partial charge on any atom is -0.456 e. The summed E-state index contributed by atoms with van der Waals surface area (Å²) in [5.41, 5.74) is 17.3. The Bertz CT molecular complexity index is 3130. The molecule has 0 aliphatic carbocycles. The minimum absolute atomic E-state index is 0.586. The largest absolute Gasteiger partial charge is 0.456 e. The Hall–Kier alpha value is -6.53. The van der Waals surface area contributed by atoms with Crippen LogP contribution in [0.5, 0.6) is 0 Å². The maximum atomic E-state index is 6.47. The molecule has 0 N–H and O–H groups in total. The van der Waals surface area contributed by atoms with Gasteiger partial charge in [0.2, 0.25) is 0 Å². The Morgan fingerprint density at radius 2 is 0.909 bits per heavy atom. The van der Waals surface area contributed by atoms with Gasteiger partial charge in [-0.1, -0.05) is 120 Å². The lowest BCUT2D eigenvalue weighted by Gasteiger charge is -2.20. The molecule has 5 nitrogen and oxygen atoms in total. The minimum atomic E-state index is 0.586. The third-order valence-electron chi connectivity index (χ3n) is 11.6. The molecule has 0 atom stereocenters. The van der Waals surface area contributed by atoms with E-state index in [2.05, 4.69) is 112 Å². The first-order chi connectivity index (χ1) is 26.8. The number of furan rings is 2. The number of para-hydroxylation sites is 2. The second-order valence-corrected chi connectivity index (χ2v) is 14.5. The van der Waals surface area contributed by atoms with E-state index in [0.29, 0.717) is 17.5 Å². The van der Waals surface area contributed by atoms with Crippen LogP contribution >= 0.6 is 0 Å². The molecule has 0 aliphatic heterocycles. The Morgan fingerprint density at radius 3 is 1.67 bits per heavy atom. The average molecular weight is 701 g/mol. The van der Waals surface area contributed by atoms with Crippen molar-refractivity contribution in [3.63, 3.8) is 0 Å². The van der Waals surface area contributed by atoms with Crippen molar-refractivity contribution in [3.8, 4) is 56.4 Å². The molecule has 10 heteroatoms. The van der Waals surface area contributed by atoms with Gasteiger partial charge in [0, 0.05) is 43.8 Å². The van der Waals surface area contributed by atoms with E-state index < -0.39 is 0 Å². The zero-order chi connectivity index (χ0) is 37.4. The van der Waals surface area contributed by atoms with Crippen molar-refractivity contribution >= 4 is 110 Å². The van der Waals surface area contributed by atoms with Crippen molar-refractivity contribution in [2.75, 3.05) is 0 Å². The van der Waals surface area contributed by atoms with Crippen LogP contribution in [0.4, 0.5) is 0 Å². The van der Waals surface area contributed by atoms with Crippen LogP contribution in [0.2, 0.25) is 0 Å². The Kier molecular flexibility index (Phi) is 7.70. The summed E-state index contributed by atoms with van der Waals surface area (Å²) in [4.78, 5) is 15.4. The first-order valence-corrected chi connectivity index (χ1v) is 18.7. The summed E-state index contributed by atoms with van der Waals surface area (Å²) in [6, 6.07) is 45.7. The Morgan fingerprint density at radius 1 is 0.364 bits per heavy atom. The second kappa shape index (κ2) is 12.8. The Labute approximate surface area is 322 Å². The van der Waals surface area contributed by atoms with E-state index in [4.69, 9.17) is 23.8 Å². The summed E-state index contributed by atoms with van der Waals surface area (Å²) in [5.74, 6) is 1.81. The van der Waals surface area contributed by atoms with Crippen LogP contribution in [0.1, 0.15) is 0 Å². The molecule has 3 heterocycles. The summed E-state index contributed by atoms with van der Waals surface area (Å²) in [6.07, 6.45) is 0. The number of nitrogens with zero attached hydrogens (tertiary/aromatic N) is 3. The number of hydrogen-bond donors (Lipinski definition) is 0. The predicted octanol–water partition coefficient (Wildman–Crippen LogP) is 3.30. The molecular weight excluding hydrogens is 669 g/mol. The van der Waals surface area contributed by atoms with Crippen LogP contribution < -0.4 is 27.3 Å². The van der Waals surface area contributed by atoms with Crippen molar-refractivity contribution in [3.05, 3.63) is 133 Å². The highest BCUT2D eigenvalue weighted by molar-refractivity contribution is 6.68. The SMILES string of the molecule is Bc1c(B)c(B)c(-c2ccc(-c3nc(-c4ccccc4)nc(-c4cccc5oc6ccc(-c7cccc8c7oc7ccccc78)cc6c45)n3)cc2)c(B)c1B. The van der Waals surface area contributed by atoms with Crippen molar-refractivity contribution in [2.45, 2.75) is 0 Å². The fraction of sp³-hybridized carbons (Fsp3) is 0. The second-order valence-electron chi connectivity index (χ2n) is 14.5. The number of hydrogen-bond acceptors (Lipinski definition) is 5. The fourth-order valence-electron chi connectivity index (χ4n) is 8.22. The molecule has 0 radical (unpaired) electrons. The normalized spacial score (nSPS) is 11.6. The molecule has 0 amide bonds. The van der Waals surface area contributed by atoms with Crippen molar-refractivity contribution in [1.29, 1.82) is 0 Å². The third kappa shape index (κ3) is 5.35. The summed E-state index contributed by atoms with van der Waals surface area (Å²) in [7, 11) is 11.1. The van der Waals surface area contributed by atoms with Gasteiger partial charge in [-0.25, -0.2) is 15.0 Å². The molecule has 0 aliphatic rings. The van der Waals surface area contributed by atoms with Gasteiger partial charge in [0.1, 0.15) is 61.6 Å². The zero-order valence-electron chi connectivity index (χ0n) is 31.4. The molecule has 0 unspecified atom stereocenters. The quantitative estimate of drug-likeness (QED) is 0.258. The lowest BCUT2D eigenvalue weighted by Crippen LogP contribution is -2.55. The van der Waals surface area contributed by atoms with Crippen molar-refractivity contribution < 1.29 is 8.83 Å². The molecule has 10 aromatic rings. The molecular formula is C45H32B5N3O2. The third-order valence-corrected chi connectivity index (χ3v) is 11.6. The zero-order valence-corrected chi connectivity index (χ0v) is 31.4. The maximum Gasteiger partial charge on any atom is 0.164 e. The number of benzene rings is 7. The summed E-state index contributed by atoms with van der Waals surface area (Å²) < 4.78 is 12.9. The predicted molar refractivity (Wildman–Crippen MR) is 242 cm³/mol. The van der Waals surface area contributed by atoms with Crippen LogP contribution in [-0.4, -0.2) is 54.2 Å².